The third-order valence-electron chi connectivity index (χ3n) is 4.00. The molecule has 0 aliphatic carbocycles. The van der Waals surface area contributed by atoms with Crippen molar-refractivity contribution in [3.8, 4) is 6.07 Å². The first kappa shape index (κ1) is 12.9. The Bertz CT molecular complexity index is 543. The van der Waals surface area contributed by atoms with Crippen molar-refractivity contribution in [2.45, 2.75) is 18.9 Å². The molecule has 6 heteroatoms. The highest BCUT2D eigenvalue weighted by Crippen LogP contribution is 2.29. The van der Waals surface area contributed by atoms with Crippen molar-refractivity contribution in [2.24, 2.45) is 5.92 Å². The van der Waals surface area contributed by atoms with Crippen LogP contribution >= 0.6 is 22.9 Å². The molecule has 3 aliphatic heterocycles. The maximum absolute atomic E-state index is 12.2. The summed E-state index contributed by atoms with van der Waals surface area (Å²) in [6.45, 7) is 3.25. The zero-order chi connectivity index (χ0) is 13.4. The summed E-state index contributed by atoms with van der Waals surface area (Å²) in [4.78, 5) is 15.1. The van der Waals surface area contributed by atoms with E-state index in [1.165, 1.54) is 24.2 Å². The highest BCUT2D eigenvalue weighted by molar-refractivity contribution is 7.18. The number of amides is 1. The summed E-state index contributed by atoms with van der Waals surface area (Å²) < 4.78 is 0.390. The van der Waals surface area contributed by atoms with Crippen LogP contribution in [0.25, 0.3) is 0 Å². The van der Waals surface area contributed by atoms with Crippen LogP contribution in [0.5, 0.6) is 0 Å². The Hall–Kier alpha value is -1.09. The van der Waals surface area contributed by atoms with Crippen LogP contribution in [0.15, 0.2) is 6.07 Å². The number of rotatable bonds is 2. The van der Waals surface area contributed by atoms with Crippen molar-refractivity contribution >= 4 is 28.8 Å². The van der Waals surface area contributed by atoms with Gasteiger partial charge in [0.2, 0.25) is 0 Å². The normalized spacial score (nSPS) is 28.9. The van der Waals surface area contributed by atoms with Crippen LogP contribution < -0.4 is 5.32 Å². The molecule has 19 heavy (non-hydrogen) atoms. The third kappa shape index (κ3) is 2.48. The van der Waals surface area contributed by atoms with Crippen molar-refractivity contribution in [3.63, 3.8) is 0 Å². The van der Waals surface area contributed by atoms with Gasteiger partial charge in [0.25, 0.3) is 5.91 Å². The van der Waals surface area contributed by atoms with E-state index in [2.05, 4.69) is 10.2 Å². The molecule has 1 aromatic heterocycles. The first-order valence-electron chi connectivity index (χ1n) is 6.40. The van der Waals surface area contributed by atoms with Crippen LogP contribution in [0.2, 0.25) is 4.34 Å². The molecular weight excluding hydrogens is 282 g/mol. The number of carbonyl (C=O) groups is 1. The van der Waals surface area contributed by atoms with Crippen molar-refractivity contribution in [3.05, 3.63) is 20.8 Å². The van der Waals surface area contributed by atoms with Crippen molar-refractivity contribution in [1.29, 1.82) is 5.26 Å². The van der Waals surface area contributed by atoms with Crippen molar-refractivity contribution < 1.29 is 4.79 Å². The molecule has 3 saturated heterocycles. The molecule has 4 heterocycles. The lowest BCUT2D eigenvalue weighted by Crippen LogP contribution is -2.57. The fraction of sp³-hybridized carbons (Fsp3) is 0.538. The average Bonchev–Trinajstić information content (AvgIpc) is 2.81. The fourth-order valence-corrected chi connectivity index (χ4v) is 4.01. The van der Waals surface area contributed by atoms with Gasteiger partial charge >= 0.3 is 0 Å². The van der Waals surface area contributed by atoms with E-state index >= 15 is 0 Å². The van der Waals surface area contributed by atoms with E-state index in [0.29, 0.717) is 20.7 Å². The number of fused-ring (bicyclic) bond motifs is 3. The highest BCUT2D eigenvalue weighted by atomic mass is 35.5. The molecule has 0 unspecified atom stereocenters. The molecule has 0 spiro atoms. The van der Waals surface area contributed by atoms with Gasteiger partial charge in [-0.25, -0.2) is 0 Å². The number of thiophene rings is 1. The maximum atomic E-state index is 12.2. The molecule has 0 aromatic carbocycles. The predicted molar refractivity (Wildman–Crippen MR) is 74.5 cm³/mol. The van der Waals surface area contributed by atoms with Gasteiger partial charge in [0.05, 0.1) is 10.4 Å². The number of piperidine rings is 3. The molecule has 1 N–H and O–H groups in total. The summed E-state index contributed by atoms with van der Waals surface area (Å²) in [5.41, 5.74) is 0.380. The summed E-state index contributed by atoms with van der Waals surface area (Å²) in [5.74, 6) is 0.493. The van der Waals surface area contributed by atoms with Gasteiger partial charge in [-0.05, 0) is 37.9 Å². The topological polar surface area (TPSA) is 56.1 Å². The quantitative estimate of drug-likeness (QED) is 0.909. The Labute approximate surface area is 121 Å². The second-order valence-corrected chi connectivity index (χ2v) is 6.78. The molecule has 0 radical (unpaired) electrons. The monoisotopic (exact) mass is 295 g/mol. The summed E-state index contributed by atoms with van der Waals surface area (Å²) >= 11 is 7.08. The fourth-order valence-electron chi connectivity index (χ4n) is 2.93. The summed E-state index contributed by atoms with van der Waals surface area (Å²) in [7, 11) is 0. The molecule has 2 bridgehead atoms. The van der Waals surface area contributed by atoms with Crippen LogP contribution in [0.3, 0.4) is 0 Å². The number of nitrogens with one attached hydrogen (secondary N) is 1. The van der Waals surface area contributed by atoms with Gasteiger partial charge in [-0.3, -0.25) is 4.79 Å². The first-order chi connectivity index (χ1) is 9.17. The third-order valence-corrected chi connectivity index (χ3v) is 5.36. The van der Waals surface area contributed by atoms with Gasteiger partial charge in [0, 0.05) is 12.6 Å². The highest BCUT2D eigenvalue weighted by Gasteiger charge is 2.35. The maximum Gasteiger partial charge on any atom is 0.261 e. The van der Waals surface area contributed by atoms with E-state index in [0.717, 1.165) is 19.6 Å². The van der Waals surface area contributed by atoms with Crippen LogP contribution in [0.1, 0.15) is 28.1 Å². The van der Waals surface area contributed by atoms with Crippen LogP contribution in [0.4, 0.5) is 0 Å². The van der Waals surface area contributed by atoms with E-state index in [9.17, 15) is 4.79 Å². The number of halogens is 1. The molecule has 3 aliphatic rings. The summed E-state index contributed by atoms with van der Waals surface area (Å²) in [5, 5.41) is 11.9. The number of carbonyl (C=O) groups excluding carboxylic acids is 1. The van der Waals surface area contributed by atoms with Gasteiger partial charge in [-0.2, -0.15) is 5.26 Å². The zero-order valence-corrected chi connectivity index (χ0v) is 11.9. The lowest BCUT2D eigenvalue weighted by Gasteiger charge is -2.44. The molecular formula is C13H14ClN3OS. The largest absolute Gasteiger partial charge is 0.347 e. The van der Waals surface area contributed by atoms with Crippen LogP contribution in [-0.4, -0.2) is 36.5 Å². The minimum Gasteiger partial charge on any atom is -0.347 e. The first-order valence-corrected chi connectivity index (χ1v) is 7.59. The minimum atomic E-state index is -0.104. The van der Waals surface area contributed by atoms with E-state index in [1.807, 2.05) is 6.07 Å². The minimum absolute atomic E-state index is 0.104. The van der Waals surface area contributed by atoms with Gasteiger partial charge < -0.3 is 10.2 Å². The molecule has 3 fully saturated rings. The van der Waals surface area contributed by atoms with Gasteiger partial charge in [0.1, 0.15) is 10.4 Å². The van der Waals surface area contributed by atoms with Crippen molar-refractivity contribution in [2.75, 3.05) is 19.6 Å². The van der Waals surface area contributed by atoms with Crippen LogP contribution in [-0.2, 0) is 0 Å². The molecule has 4 nitrogen and oxygen atoms in total. The predicted octanol–water partition coefficient (Wildman–Crippen LogP) is 2.10. The SMILES string of the molecule is N#Cc1cc(C(=O)N[C@H]2CN3CCC2CC3)sc1Cl. The van der Waals surface area contributed by atoms with E-state index < -0.39 is 0 Å². The average molecular weight is 296 g/mol. The molecule has 0 saturated carbocycles. The van der Waals surface area contributed by atoms with E-state index in [4.69, 9.17) is 16.9 Å². The van der Waals surface area contributed by atoms with Gasteiger partial charge in [-0.15, -0.1) is 11.3 Å². The number of hydrogen-bond donors (Lipinski definition) is 1. The smallest absolute Gasteiger partial charge is 0.261 e. The molecule has 1 atom stereocenters. The second-order valence-electron chi connectivity index (χ2n) is 5.13. The summed E-state index contributed by atoms with van der Waals surface area (Å²) in [6, 6.07) is 3.80. The Morgan fingerprint density at radius 1 is 1.53 bits per heavy atom. The van der Waals surface area contributed by atoms with E-state index in [-0.39, 0.29) is 11.9 Å². The summed E-state index contributed by atoms with van der Waals surface area (Å²) in [6.07, 6.45) is 2.33. The van der Waals surface area contributed by atoms with Crippen LogP contribution in [0, 0.1) is 17.2 Å². The standard InChI is InChI=1S/C13H14ClN3OS/c14-12-9(6-15)5-11(19-12)13(18)16-10-7-17-3-1-8(10)2-4-17/h5,8,10H,1-4,7H2,(H,16,18)/t10-/m0/s1. The molecule has 1 aromatic rings. The Morgan fingerprint density at radius 3 is 2.79 bits per heavy atom. The Balaban J connectivity index is 1.69. The van der Waals surface area contributed by atoms with E-state index in [1.54, 1.807) is 6.07 Å². The Kier molecular flexibility index (Phi) is 3.48. The number of nitriles is 1. The second kappa shape index (κ2) is 5.12. The molecule has 1 amide bonds. The van der Waals surface area contributed by atoms with Gasteiger partial charge in [0.15, 0.2) is 0 Å². The lowest BCUT2D eigenvalue weighted by molar-refractivity contribution is 0.0622. The lowest BCUT2D eigenvalue weighted by atomic mass is 9.84. The van der Waals surface area contributed by atoms with Gasteiger partial charge in [-0.1, -0.05) is 11.6 Å². The number of nitrogens with zero attached hydrogens (tertiary/aromatic N) is 2. The zero-order valence-electron chi connectivity index (χ0n) is 10.4. The Morgan fingerprint density at radius 2 is 2.26 bits per heavy atom. The number of hydrogen-bond acceptors (Lipinski definition) is 4. The van der Waals surface area contributed by atoms with Crippen molar-refractivity contribution in [1.82, 2.24) is 10.2 Å². The molecule has 100 valence electrons. The molecule has 4 rings (SSSR count).